The van der Waals surface area contributed by atoms with E-state index in [1.807, 2.05) is 19.9 Å². The summed E-state index contributed by atoms with van der Waals surface area (Å²) >= 11 is 0. The van der Waals surface area contributed by atoms with Crippen molar-refractivity contribution in [1.82, 2.24) is 0 Å². The Kier molecular flexibility index (Phi) is 11.0. The van der Waals surface area contributed by atoms with Crippen molar-refractivity contribution in [1.29, 1.82) is 0 Å². The summed E-state index contributed by atoms with van der Waals surface area (Å²) in [7, 11) is 0. The molecule has 0 saturated heterocycles. The van der Waals surface area contributed by atoms with Crippen LogP contribution >= 0.6 is 0 Å². The van der Waals surface area contributed by atoms with Crippen LogP contribution < -0.4 is 0 Å². The van der Waals surface area contributed by atoms with Gasteiger partial charge in [-0.2, -0.15) is 0 Å². The minimum atomic E-state index is 0.260. The largest absolute Gasteiger partial charge is 0.300 e. The zero-order valence-corrected chi connectivity index (χ0v) is 16.5. The Bertz CT molecular complexity index is 507. The monoisotopic (exact) mass is 328 g/mol. The van der Waals surface area contributed by atoms with Gasteiger partial charge < -0.3 is 0 Å². The predicted molar refractivity (Wildman–Crippen MR) is 108 cm³/mol. The van der Waals surface area contributed by atoms with E-state index in [2.05, 4.69) is 46.1 Å². The molecule has 0 saturated carbocycles. The molecule has 0 atom stereocenters. The third-order valence-corrected chi connectivity index (χ3v) is 4.21. The summed E-state index contributed by atoms with van der Waals surface area (Å²) in [6.07, 6.45) is 15.1. The van der Waals surface area contributed by atoms with Crippen molar-refractivity contribution < 1.29 is 4.79 Å². The SMILES string of the molecule is C=C/C=C(\C=C)CCC(=O)CCC1=CC=C(C(C)(C)C)CC1.CC. The van der Waals surface area contributed by atoms with E-state index in [-0.39, 0.29) is 5.41 Å². The van der Waals surface area contributed by atoms with Gasteiger partial charge in [0.1, 0.15) is 5.78 Å². The Morgan fingerprint density at radius 1 is 1.08 bits per heavy atom. The zero-order chi connectivity index (χ0) is 18.6. The molecule has 1 heteroatoms. The van der Waals surface area contributed by atoms with Crippen LogP contribution in [0.4, 0.5) is 0 Å². The van der Waals surface area contributed by atoms with Crippen LogP contribution in [0.1, 0.15) is 73.1 Å². The Morgan fingerprint density at radius 2 is 1.75 bits per heavy atom. The number of carbonyl (C=O) groups excluding carboxylic acids is 1. The normalized spacial score (nSPS) is 14.8. The standard InChI is InChI=1S/C21H30O.C2H6/c1-6-8-17(7-2)11-15-20(22)16-12-18-9-13-19(14-10-18)21(3,4)5;1-2/h6-9,13H,1-2,10-12,14-16H2,3-5H3;1-2H3/b17-8+;. The van der Waals surface area contributed by atoms with Crippen molar-refractivity contribution in [2.75, 3.05) is 0 Å². The predicted octanol–water partition coefficient (Wildman–Crippen LogP) is 7.13. The van der Waals surface area contributed by atoms with E-state index >= 15 is 0 Å². The number of allylic oxidation sites excluding steroid dienone is 8. The smallest absolute Gasteiger partial charge is 0.133 e. The Morgan fingerprint density at radius 3 is 2.21 bits per heavy atom. The molecule has 1 aliphatic rings. The molecule has 1 rings (SSSR count). The molecular formula is C23H36O. The van der Waals surface area contributed by atoms with E-state index in [1.54, 1.807) is 12.2 Å². The number of ketones is 1. The highest BCUT2D eigenvalue weighted by atomic mass is 16.1. The van der Waals surface area contributed by atoms with Crippen molar-refractivity contribution in [3.05, 3.63) is 60.3 Å². The van der Waals surface area contributed by atoms with Crippen LogP contribution in [0.2, 0.25) is 0 Å². The first-order chi connectivity index (χ1) is 11.4. The molecule has 0 amide bonds. The summed E-state index contributed by atoms with van der Waals surface area (Å²) in [5.41, 5.74) is 4.26. The van der Waals surface area contributed by atoms with Crippen LogP contribution in [0.3, 0.4) is 0 Å². The van der Waals surface area contributed by atoms with Crippen LogP contribution in [0.25, 0.3) is 0 Å². The first kappa shape index (κ1) is 22.4. The molecule has 24 heavy (non-hydrogen) atoms. The topological polar surface area (TPSA) is 17.1 Å². The van der Waals surface area contributed by atoms with Gasteiger partial charge in [-0.15, -0.1) is 0 Å². The highest BCUT2D eigenvalue weighted by molar-refractivity contribution is 5.79. The fourth-order valence-corrected chi connectivity index (χ4v) is 2.63. The van der Waals surface area contributed by atoms with Gasteiger partial charge in [0.25, 0.3) is 0 Å². The van der Waals surface area contributed by atoms with Gasteiger partial charge in [-0.25, -0.2) is 0 Å². The molecule has 1 aliphatic carbocycles. The fourth-order valence-electron chi connectivity index (χ4n) is 2.63. The second kappa shape index (κ2) is 11.8. The van der Waals surface area contributed by atoms with E-state index in [4.69, 9.17) is 0 Å². The fraction of sp³-hybridized carbons (Fsp3) is 0.522. The lowest BCUT2D eigenvalue weighted by atomic mass is 9.80. The molecule has 0 N–H and O–H groups in total. The maximum atomic E-state index is 12.0. The summed E-state index contributed by atoms with van der Waals surface area (Å²) in [6.45, 7) is 18.2. The molecular weight excluding hydrogens is 292 g/mol. The number of hydrogen-bond donors (Lipinski definition) is 0. The average Bonchev–Trinajstić information content (AvgIpc) is 2.58. The minimum Gasteiger partial charge on any atom is -0.300 e. The van der Waals surface area contributed by atoms with Crippen LogP contribution in [0, 0.1) is 5.41 Å². The summed E-state index contributed by atoms with van der Waals surface area (Å²) in [5, 5.41) is 0. The summed E-state index contributed by atoms with van der Waals surface area (Å²) in [4.78, 5) is 12.0. The minimum absolute atomic E-state index is 0.260. The van der Waals surface area contributed by atoms with E-state index in [0.29, 0.717) is 18.6 Å². The molecule has 0 aromatic carbocycles. The Balaban J connectivity index is 0.00000254. The molecule has 0 aromatic rings. The van der Waals surface area contributed by atoms with Gasteiger partial charge in [-0.1, -0.05) is 89.3 Å². The molecule has 0 fully saturated rings. The third kappa shape index (κ3) is 8.86. The maximum Gasteiger partial charge on any atom is 0.133 e. The van der Waals surface area contributed by atoms with E-state index in [9.17, 15) is 4.79 Å². The molecule has 0 radical (unpaired) electrons. The second-order valence-electron chi connectivity index (χ2n) is 6.99. The van der Waals surface area contributed by atoms with Crippen molar-refractivity contribution >= 4 is 5.78 Å². The number of Topliss-reactive ketones (excluding diaryl/α,β-unsaturated/α-hetero) is 1. The van der Waals surface area contributed by atoms with Crippen molar-refractivity contribution in [2.24, 2.45) is 5.41 Å². The number of hydrogen-bond acceptors (Lipinski definition) is 1. The van der Waals surface area contributed by atoms with Crippen molar-refractivity contribution in [3.8, 4) is 0 Å². The number of carbonyl (C=O) groups is 1. The number of rotatable bonds is 8. The third-order valence-electron chi connectivity index (χ3n) is 4.21. The summed E-state index contributed by atoms with van der Waals surface area (Å²) in [5.74, 6) is 0.336. The van der Waals surface area contributed by atoms with Gasteiger partial charge in [0.15, 0.2) is 0 Å². The molecule has 0 bridgehead atoms. The van der Waals surface area contributed by atoms with Crippen LogP contribution in [0.15, 0.2) is 60.3 Å². The quantitative estimate of drug-likeness (QED) is 0.433. The Labute approximate surface area is 149 Å². The van der Waals surface area contributed by atoms with Gasteiger partial charge >= 0.3 is 0 Å². The second-order valence-corrected chi connectivity index (χ2v) is 6.99. The summed E-state index contributed by atoms with van der Waals surface area (Å²) in [6, 6.07) is 0. The van der Waals surface area contributed by atoms with Gasteiger partial charge in [0.2, 0.25) is 0 Å². The zero-order valence-electron chi connectivity index (χ0n) is 16.5. The molecule has 0 aromatic heterocycles. The molecule has 134 valence electrons. The maximum absolute atomic E-state index is 12.0. The molecule has 0 heterocycles. The van der Waals surface area contributed by atoms with E-state index in [0.717, 1.165) is 31.3 Å². The van der Waals surface area contributed by atoms with Gasteiger partial charge in [-0.3, -0.25) is 4.79 Å². The highest BCUT2D eigenvalue weighted by Crippen LogP contribution is 2.33. The molecule has 0 unspecified atom stereocenters. The highest BCUT2D eigenvalue weighted by Gasteiger charge is 2.19. The van der Waals surface area contributed by atoms with Crippen LogP contribution in [-0.2, 0) is 4.79 Å². The lowest BCUT2D eigenvalue weighted by Crippen LogP contribution is -2.11. The Hall–Kier alpha value is -1.63. The lowest BCUT2D eigenvalue weighted by molar-refractivity contribution is -0.119. The van der Waals surface area contributed by atoms with Gasteiger partial charge in [-0.05, 0) is 36.7 Å². The van der Waals surface area contributed by atoms with Gasteiger partial charge in [0, 0.05) is 12.8 Å². The first-order valence-corrected chi connectivity index (χ1v) is 9.21. The van der Waals surface area contributed by atoms with Crippen molar-refractivity contribution in [3.63, 3.8) is 0 Å². The van der Waals surface area contributed by atoms with Crippen LogP contribution in [0.5, 0.6) is 0 Å². The van der Waals surface area contributed by atoms with Crippen molar-refractivity contribution in [2.45, 2.75) is 73.1 Å². The van der Waals surface area contributed by atoms with Gasteiger partial charge in [0.05, 0.1) is 0 Å². The van der Waals surface area contributed by atoms with E-state index < -0.39 is 0 Å². The summed E-state index contributed by atoms with van der Waals surface area (Å²) < 4.78 is 0. The van der Waals surface area contributed by atoms with E-state index in [1.165, 1.54) is 11.1 Å². The average molecular weight is 329 g/mol. The molecule has 0 spiro atoms. The molecule has 0 aliphatic heterocycles. The first-order valence-electron chi connectivity index (χ1n) is 9.21. The lowest BCUT2D eigenvalue weighted by Gasteiger charge is -2.26. The molecule has 1 nitrogen and oxygen atoms in total. The van der Waals surface area contributed by atoms with Crippen LogP contribution in [-0.4, -0.2) is 5.78 Å².